The molecule has 1 heterocycles. The van der Waals surface area contributed by atoms with Gasteiger partial charge in [0.05, 0.1) is 11.5 Å². The van der Waals surface area contributed by atoms with Crippen molar-refractivity contribution in [3.8, 4) is 0 Å². The molecule has 16 heavy (non-hydrogen) atoms. The third-order valence-electron chi connectivity index (χ3n) is 2.08. The van der Waals surface area contributed by atoms with E-state index in [1.165, 1.54) is 6.20 Å². The van der Waals surface area contributed by atoms with Crippen molar-refractivity contribution < 1.29 is 8.95 Å². The Morgan fingerprint density at radius 2 is 2.31 bits per heavy atom. The molecule has 1 rings (SSSR count). The molecule has 0 spiro atoms. The van der Waals surface area contributed by atoms with E-state index in [1.54, 1.807) is 24.5 Å². The first-order valence-corrected chi connectivity index (χ1v) is 6.29. The maximum Gasteiger partial charge on any atom is 0.132 e. The molecule has 1 atom stereocenters. The van der Waals surface area contributed by atoms with Gasteiger partial charge in [0.1, 0.15) is 16.1 Å². The van der Waals surface area contributed by atoms with Crippen molar-refractivity contribution in [3.05, 3.63) is 23.0 Å². The van der Waals surface area contributed by atoms with Crippen molar-refractivity contribution >= 4 is 22.6 Å². The number of aromatic nitrogens is 1. The van der Waals surface area contributed by atoms with Crippen LogP contribution in [0.2, 0.25) is 5.15 Å². The summed E-state index contributed by atoms with van der Waals surface area (Å²) in [5.74, 6) is 0. The number of methoxy groups -OCH3 is 1. The maximum absolute atomic E-state index is 12.0. The number of hydrogen-bond acceptors (Lipinski definition) is 3. The summed E-state index contributed by atoms with van der Waals surface area (Å²) in [7, 11) is 2.18. The van der Waals surface area contributed by atoms with Gasteiger partial charge >= 0.3 is 0 Å². The van der Waals surface area contributed by atoms with Crippen molar-refractivity contribution in [2.75, 3.05) is 27.3 Å². The summed E-state index contributed by atoms with van der Waals surface area (Å²) < 4.78 is 18.6. The molecular weight excluding hydrogens is 248 g/mol. The lowest BCUT2D eigenvalue weighted by atomic mass is 10.3. The minimum atomic E-state index is -1.22. The fourth-order valence-corrected chi connectivity index (χ4v) is 2.23. The van der Waals surface area contributed by atoms with Crippen molar-refractivity contribution in [2.24, 2.45) is 0 Å². The van der Waals surface area contributed by atoms with Crippen molar-refractivity contribution in [2.45, 2.75) is 11.8 Å². The van der Waals surface area contributed by atoms with E-state index in [0.29, 0.717) is 23.2 Å². The van der Waals surface area contributed by atoms with Crippen LogP contribution in [0.1, 0.15) is 5.56 Å². The lowest BCUT2D eigenvalue weighted by molar-refractivity contribution is 0.186. The second-order valence-corrected chi connectivity index (χ2v) is 5.32. The van der Waals surface area contributed by atoms with Gasteiger partial charge in [-0.3, -0.25) is 0 Å². The summed E-state index contributed by atoms with van der Waals surface area (Å²) in [5.41, 5.74) is 0.827. The predicted molar refractivity (Wildman–Crippen MR) is 64.9 cm³/mol. The highest BCUT2D eigenvalue weighted by Crippen LogP contribution is 2.16. The van der Waals surface area contributed by atoms with Gasteiger partial charge in [-0.1, -0.05) is 11.6 Å². The van der Waals surface area contributed by atoms with E-state index in [4.69, 9.17) is 16.3 Å². The predicted octanol–water partition coefficient (Wildman–Crippen LogP) is 1.64. The number of ether oxygens (including phenoxy) is 1. The first kappa shape index (κ1) is 13.6. The number of hydrogen-bond donors (Lipinski definition) is 0. The third kappa shape index (κ3) is 3.52. The van der Waals surface area contributed by atoms with E-state index in [9.17, 15) is 4.21 Å². The van der Waals surface area contributed by atoms with Crippen LogP contribution < -0.4 is 0 Å². The second-order valence-electron chi connectivity index (χ2n) is 3.37. The molecule has 1 aromatic heterocycles. The number of pyridine rings is 1. The summed E-state index contributed by atoms with van der Waals surface area (Å²) in [6.45, 7) is 2.98. The molecule has 0 aromatic carbocycles. The molecule has 0 aliphatic carbocycles. The average molecular weight is 263 g/mol. The molecule has 0 amide bonds. The van der Waals surface area contributed by atoms with Gasteiger partial charge in [0.25, 0.3) is 0 Å². The van der Waals surface area contributed by atoms with Gasteiger partial charge in [0.15, 0.2) is 0 Å². The molecule has 0 saturated heterocycles. The normalized spacial score (nSPS) is 13.1. The molecule has 90 valence electrons. The van der Waals surface area contributed by atoms with Crippen LogP contribution in [-0.4, -0.2) is 40.8 Å². The summed E-state index contributed by atoms with van der Waals surface area (Å²) in [6.07, 6.45) is 1.54. The van der Waals surface area contributed by atoms with Gasteiger partial charge in [0.2, 0.25) is 0 Å². The number of likely N-dealkylation sites (N-methyl/N-ethyl adjacent to an activating group) is 1. The Hall–Kier alpha value is -0.490. The molecule has 0 bridgehead atoms. The largest absolute Gasteiger partial charge is 0.383 e. The standard InChI is InChI=1S/C10H15ClN2O2S/c1-8-6-9(7-12-10(8)11)16(14)13(2)4-5-15-3/h6-7H,4-5H2,1-3H3. The molecule has 1 aromatic rings. The average Bonchev–Trinajstić information content (AvgIpc) is 2.28. The fraction of sp³-hybridized carbons (Fsp3) is 0.500. The van der Waals surface area contributed by atoms with Crippen LogP contribution in [0.5, 0.6) is 0 Å². The van der Waals surface area contributed by atoms with E-state index < -0.39 is 11.0 Å². The minimum Gasteiger partial charge on any atom is -0.383 e. The maximum atomic E-state index is 12.0. The lowest BCUT2D eigenvalue weighted by Crippen LogP contribution is -2.25. The van der Waals surface area contributed by atoms with Gasteiger partial charge < -0.3 is 4.74 Å². The number of aryl methyl sites for hydroxylation is 1. The number of halogens is 1. The molecule has 0 saturated carbocycles. The Kier molecular flexibility index (Phi) is 5.34. The van der Waals surface area contributed by atoms with E-state index in [2.05, 4.69) is 4.98 Å². The Morgan fingerprint density at radius 3 is 2.88 bits per heavy atom. The number of rotatable bonds is 5. The topological polar surface area (TPSA) is 42.4 Å². The molecular formula is C10H15ClN2O2S. The van der Waals surface area contributed by atoms with Crippen LogP contribution in [0.4, 0.5) is 0 Å². The Morgan fingerprint density at radius 1 is 1.62 bits per heavy atom. The van der Waals surface area contributed by atoms with E-state index in [-0.39, 0.29) is 0 Å². The summed E-state index contributed by atoms with van der Waals surface area (Å²) in [6, 6.07) is 1.79. The highest BCUT2D eigenvalue weighted by molar-refractivity contribution is 7.82. The van der Waals surface area contributed by atoms with Crippen molar-refractivity contribution in [1.82, 2.24) is 9.29 Å². The van der Waals surface area contributed by atoms with Crippen LogP contribution in [0.3, 0.4) is 0 Å². The van der Waals surface area contributed by atoms with E-state index >= 15 is 0 Å². The van der Waals surface area contributed by atoms with Crippen molar-refractivity contribution in [3.63, 3.8) is 0 Å². The van der Waals surface area contributed by atoms with Gasteiger partial charge in [-0.05, 0) is 18.6 Å². The number of nitrogens with zero attached hydrogens (tertiary/aromatic N) is 2. The lowest BCUT2D eigenvalue weighted by Gasteiger charge is -2.15. The van der Waals surface area contributed by atoms with Crippen LogP contribution >= 0.6 is 11.6 Å². The van der Waals surface area contributed by atoms with Gasteiger partial charge in [0, 0.05) is 26.9 Å². The first-order valence-electron chi connectivity index (χ1n) is 4.80. The zero-order valence-electron chi connectivity index (χ0n) is 9.57. The smallest absolute Gasteiger partial charge is 0.132 e. The zero-order valence-corrected chi connectivity index (χ0v) is 11.1. The SMILES string of the molecule is COCCN(C)S(=O)c1cnc(Cl)c(C)c1. The van der Waals surface area contributed by atoms with Crippen LogP contribution in [0.15, 0.2) is 17.2 Å². The third-order valence-corrected chi connectivity index (χ3v) is 3.86. The Bertz CT molecular complexity index is 387. The van der Waals surface area contributed by atoms with Crippen LogP contribution in [0, 0.1) is 6.92 Å². The van der Waals surface area contributed by atoms with Gasteiger partial charge in [-0.15, -0.1) is 0 Å². The van der Waals surface area contributed by atoms with Crippen LogP contribution in [0.25, 0.3) is 0 Å². The zero-order chi connectivity index (χ0) is 12.1. The van der Waals surface area contributed by atoms with Gasteiger partial charge in [-0.25, -0.2) is 13.5 Å². The molecule has 6 heteroatoms. The summed E-state index contributed by atoms with van der Waals surface area (Å²) in [5, 5.41) is 0.445. The molecule has 4 nitrogen and oxygen atoms in total. The van der Waals surface area contributed by atoms with Crippen molar-refractivity contribution in [1.29, 1.82) is 0 Å². The molecule has 0 aliphatic rings. The fourth-order valence-electron chi connectivity index (χ4n) is 1.11. The minimum absolute atomic E-state index is 0.445. The molecule has 0 aliphatic heterocycles. The van der Waals surface area contributed by atoms with E-state index in [0.717, 1.165) is 5.56 Å². The molecule has 0 radical (unpaired) electrons. The monoisotopic (exact) mass is 262 g/mol. The molecule has 1 unspecified atom stereocenters. The van der Waals surface area contributed by atoms with E-state index in [1.807, 2.05) is 6.92 Å². The molecule has 0 N–H and O–H groups in total. The quantitative estimate of drug-likeness (QED) is 0.758. The first-order chi connectivity index (χ1) is 7.56. The second kappa shape index (κ2) is 6.30. The highest BCUT2D eigenvalue weighted by Gasteiger charge is 2.11. The Balaban J connectivity index is 2.76. The summed E-state index contributed by atoms with van der Waals surface area (Å²) >= 11 is 5.80. The van der Waals surface area contributed by atoms with Gasteiger partial charge in [-0.2, -0.15) is 0 Å². The summed E-state index contributed by atoms with van der Waals surface area (Å²) in [4.78, 5) is 4.63. The molecule has 0 fully saturated rings. The highest BCUT2D eigenvalue weighted by atomic mass is 35.5. The Labute approximate surface area is 103 Å². The van der Waals surface area contributed by atoms with Crippen LogP contribution in [-0.2, 0) is 15.7 Å².